The van der Waals surface area contributed by atoms with Crippen LogP contribution in [0, 0.1) is 0 Å². The second-order valence-corrected chi connectivity index (χ2v) is 2.22. The smallest absolute Gasteiger partial charge is 0.247 e. The van der Waals surface area contributed by atoms with E-state index in [2.05, 4.69) is 15.6 Å². The fourth-order valence-corrected chi connectivity index (χ4v) is 1.09. The molecular formula is C6H7N3O. The van der Waals surface area contributed by atoms with Crippen LogP contribution in [0.2, 0.25) is 0 Å². The van der Waals surface area contributed by atoms with E-state index in [1.165, 1.54) is 0 Å². The van der Waals surface area contributed by atoms with Crippen molar-refractivity contribution < 1.29 is 4.79 Å². The molecule has 52 valence electrons. The van der Waals surface area contributed by atoms with Gasteiger partial charge in [0.05, 0.1) is 12.4 Å². The van der Waals surface area contributed by atoms with Gasteiger partial charge in [-0.15, -0.1) is 0 Å². The Kier molecular flexibility index (Phi) is 1.07. The highest BCUT2D eigenvalue weighted by molar-refractivity contribution is 6.16. The van der Waals surface area contributed by atoms with E-state index in [1.807, 2.05) is 6.08 Å². The molecule has 4 heteroatoms. The van der Waals surface area contributed by atoms with Crippen molar-refractivity contribution in [3.8, 4) is 0 Å². The Bertz CT molecular complexity index is 231. The van der Waals surface area contributed by atoms with E-state index in [0.717, 1.165) is 5.71 Å². The first-order valence-electron chi connectivity index (χ1n) is 3.12. The van der Waals surface area contributed by atoms with Crippen molar-refractivity contribution in [2.24, 2.45) is 4.99 Å². The van der Waals surface area contributed by atoms with E-state index in [9.17, 15) is 4.79 Å². The normalized spacial score (nSPS) is 29.4. The number of nitrogens with zero attached hydrogens (tertiary/aromatic N) is 1. The van der Waals surface area contributed by atoms with Crippen LogP contribution in [0.4, 0.5) is 0 Å². The largest absolute Gasteiger partial charge is 0.331 e. The monoisotopic (exact) mass is 137 g/mol. The number of nitrogens with one attached hydrogen (secondary N) is 2. The molecule has 0 aliphatic carbocycles. The predicted molar refractivity (Wildman–Crippen MR) is 36.5 cm³/mol. The summed E-state index contributed by atoms with van der Waals surface area (Å²) in [6.07, 6.45) is 3.43. The van der Waals surface area contributed by atoms with Crippen molar-refractivity contribution in [3.63, 3.8) is 0 Å². The lowest BCUT2D eigenvalue weighted by atomic mass is 10.1. The van der Waals surface area contributed by atoms with E-state index in [1.54, 1.807) is 6.20 Å². The van der Waals surface area contributed by atoms with Crippen molar-refractivity contribution in [3.05, 3.63) is 12.3 Å². The molecule has 1 unspecified atom stereocenters. The lowest BCUT2D eigenvalue weighted by Crippen LogP contribution is -2.46. The van der Waals surface area contributed by atoms with Gasteiger partial charge in [0.25, 0.3) is 0 Å². The summed E-state index contributed by atoms with van der Waals surface area (Å²) in [6, 6.07) is -0.204. The molecular weight excluding hydrogens is 130 g/mol. The fourth-order valence-electron chi connectivity index (χ4n) is 1.09. The number of rotatable bonds is 0. The molecule has 2 aliphatic rings. The summed E-state index contributed by atoms with van der Waals surface area (Å²) in [4.78, 5) is 15.0. The van der Waals surface area contributed by atoms with E-state index >= 15 is 0 Å². The van der Waals surface area contributed by atoms with Gasteiger partial charge in [-0.2, -0.15) is 0 Å². The molecule has 10 heavy (non-hydrogen) atoms. The third-order valence-corrected chi connectivity index (χ3v) is 1.59. The molecule has 2 rings (SSSR count). The molecule has 0 aromatic rings. The standard InChI is InChI=1S/C6H7N3O/c10-6-5-4(1-2-7-6)8-3-9-5/h1-2,5,9H,3H2,(H,7,10). The maximum Gasteiger partial charge on any atom is 0.247 e. The Hall–Kier alpha value is -1.16. The third kappa shape index (κ3) is 0.657. The highest BCUT2D eigenvalue weighted by Crippen LogP contribution is 2.02. The Labute approximate surface area is 58.0 Å². The number of carbonyl (C=O) groups excluding carboxylic acids is 1. The summed E-state index contributed by atoms with van der Waals surface area (Å²) in [7, 11) is 0. The van der Waals surface area contributed by atoms with Crippen LogP contribution in [0.1, 0.15) is 0 Å². The molecule has 4 nitrogen and oxygen atoms in total. The van der Waals surface area contributed by atoms with Gasteiger partial charge >= 0.3 is 0 Å². The van der Waals surface area contributed by atoms with Crippen molar-refractivity contribution in [2.75, 3.05) is 6.67 Å². The second-order valence-electron chi connectivity index (χ2n) is 2.22. The highest BCUT2D eigenvalue weighted by atomic mass is 16.2. The van der Waals surface area contributed by atoms with Gasteiger partial charge in [0.2, 0.25) is 5.91 Å². The van der Waals surface area contributed by atoms with Crippen LogP contribution in [0.3, 0.4) is 0 Å². The summed E-state index contributed by atoms with van der Waals surface area (Å²) in [6.45, 7) is 0.553. The molecule has 1 atom stereocenters. The van der Waals surface area contributed by atoms with E-state index in [-0.39, 0.29) is 11.9 Å². The molecule has 0 fully saturated rings. The van der Waals surface area contributed by atoms with Crippen LogP contribution >= 0.6 is 0 Å². The summed E-state index contributed by atoms with van der Waals surface area (Å²) in [5.74, 6) is -0.0150. The quantitative estimate of drug-likeness (QED) is 0.450. The van der Waals surface area contributed by atoms with Crippen LogP contribution in [-0.4, -0.2) is 24.3 Å². The maximum atomic E-state index is 11.0. The molecule has 0 aromatic heterocycles. The van der Waals surface area contributed by atoms with Gasteiger partial charge in [0.1, 0.15) is 6.04 Å². The topological polar surface area (TPSA) is 53.5 Å². The summed E-state index contributed by atoms with van der Waals surface area (Å²) >= 11 is 0. The average Bonchev–Trinajstić information content (AvgIpc) is 2.36. The van der Waals surface area contributed by atoms with Gasteiger partial charge in [0.15, 0.2) is 0 Å². The Morgan fingerprint density at radius 1 is 1.70 bits per heavy atom. The number of amides is 1. The minimum absolute atomic E-state index is 0.0150. The molecule has 0 aromatic carbocycles. The van der Waals surface area contributed by atoms with Gasteiger partial charge in [-0.05, 0) is 6.08 Å². The van der Waals surface area contributed by atoms with Gasteiger partial charge < -0.3 is 5.32 Å². The Morgan fingerprint density at radius 3 is 3.40 bits per heavy atom. The van der Waals surface area contributed by atoms with Crippen LogP contribution in [0.5, 0.6) is 0 Å². The van der Waals surface area contributed by atoms with Crippen molar-refractivity contribution in [2.45, 2.75) is 6.04 Å². The number of hydrogen-bond donors (Lipinski definition) is 2. The SMILES string of the molecule is O=C1NC=CC2=NCNC12. The van der Waals surface area contributed by atoms with Crippen LogP contribution < -0.4 is 10.6 Å². The van der Waals surface area contributed by atoms with Gasteiger partial charge in [-0.1, -0.05) is 0 Å². The number of carbonyl (C=O) groups is 1. The molecule has 0 radical (unpaired) electrons. The molecule has 2 N–H and O–H groups in total. The molecule has 0 saturated heterocycles. The van der Waals surface area contributed by atoms with Gasteiger partial charge in [-0.25, -0.2) is 0 Å². The number of aliphatic imine (C=N–C) groups is 1. The average molecular weight is 137 g/mol. The molecule has 0 bridgehead atoms. The minimum Gasteiger partial charge on any atom is -0.331 e. The number of fused-ring (bicyclic) bond motifs is 1. The van der Waals surface area contributed by atoms with Gasteiger partial charge in [0, 0.05) is 6.20 Å². The summed E-state index contributed by atoms with van der Waals surface area (Å²) < 4.78 is 0. The minimum atomic E-state index is -0.204. The second kappa shape index (κ2) is 1.91. The lowest BCUT2D eigenvalue weighted by molar-refractivity contribution is -0.120. The van der Waals surface area contributed by atoms with Gasteiger partial charge in [-0.3, -0.25) is 15.1 Å². The molecule has 2 aliphatic heterocycles. The zero-order valence-corrected chi connectivity index (χ0v) is 5.29. The molecule has 0 saturated carbocycles. The molecule has 0 spiro atoms. The van der Waals surface area contributed by atoms with Crippen molar-refractivity contribution >= 4 is 11.6 Å². The third-order valence-electron chi connectivity index (χ3n) is 1.59. The molecule has 1 amide bonds. The van der Waals surface area contributed by atoms with Crippen LogP contribution in [0.15, 0.2) is 17.3 Å². The number of hydrogen-bond acceptors (Lipinski definition) is 3. The first-order chi connectivity index (χ1) is 4.88. The van der Waals surface area contributed by atoms with Crippen LogP contribution in [-0.2, 0) is 4.79 Å². The maximum absolute atomic E-state index is 11.0. The Balaban J connectivity index is 2.34. The van der Waals surface area contributed by atoms with Crippen LogP contribution in [0.25, 0.3) is 0 Å². The summed E-state index contributed by atoms with van der Waals surface area (Å²) in [5, 5.41) is 5.53. The Morgan fingerprint density at radius 2 is 2.60 bits per heavy atom. The zero-order chi connectivity index (χ0) is 6.97. The van der Waals surface area contributed by atoms with E-state index in [4.69, 9.17) is 0 Å². The highest BCUT2D eigenvalue weighted by Gasteiger charge is 2.27. The van der Waals surface area contributed by atoms with E-state index < -0.39 is 0 Å². The first kappa shape index (κ1) is 5.61. The van der Waals surface area contributed by atoms with E-state index in [0.29, 0.717) is 6.67 Å². The predicted octanol–water partition coefficient (Wildman–Crippen LogP) is -1.000. The lowest BCUT2D eigenvalue weighted by Gasteiger charge is -2.13. The summed E-state index contributed by atoms with van der Waals surface area (Å²) in [5.41, 5.74) is 0.837. The zero-order valence-electron chi connectivity index (χ0n) is 5.29. The first-order valence-corrected chi connectivity index (χ1v) is 3.12. The van der Waals surface area contributed by atoms with Crippen molar-refractivity contribution in [1.29, 1.82) is 0 Å². The van der Waals surface area contributed by atoms with Crippen molar-refractivity contribution in [1.82, 2.24) is 10.6 Å². The fraction of sp³-hybridized carbons (Fsp3) is 0.333. The molecule has 2 heterocycles.